The van der Waals surface area contributed by atoms with Crippen LogP contribution in [0.2, 0.25) is 0 Å². The van der Waals surface area contributed by atoms with Gasteiger partial charge in [0.15, 0.2) is 0 Å². The van der Waals surface area contributed by atoms with Crippen molar-refractivity contribution in [1.29, 1.82) is 0 Å². The Morgan fingerprint density at radius 3 is 1.75 bits per heavy atom. The third kappa shape index (κ3) is 4.59. The van der Waals surface area contributed by atoms with Crippen LogP contribution in [0.4, 0.5) is 9.59 Å². The van der Waals surface area contributed by atoms with E-state index in [4.69, 9.17) is 4.74 Å². The van der Waals surface area contributed by atoms with Crippen molar-refractivity contribution in [3.8, 4) is 16.9 Å². The number of methoxy groups -OCH3 is 1. The van der Waals surface area contributed by atoms with Crippen molar-refractivity contribution in [1.82, 2.24) is 0 Å². The Morgan fingerprint density at radius 1 is 0.792 bits per heavy atom. The third-order valence-corrected chi connectivity index (χ3v) is 3.47. The van der Waals surface area contributed by atoms with Crippen molar-refractivity contribution in [2.24, 2.45) is 0 Å². The smallest absolute Gasteiger partial charge is 0.437 e. The van der Waals surface area contributed by atoms with Crippen LogP contribution in [-0.4, -0.2) is 19.4 Å². The Bertz CT molecular complexity index is 709. The van der Waals surface area contributed by atoms with E-state index in [0.29, 0.717) is 0 Å². The van der Waals surface area contributed by atoms with Gasteiger partial charge in [-0.15, -0.1) is 0 Å². The molecule has 0 spiro atoms. The quantitative estimate of drug-likeness (QED) is 0.444. The molecule has 5 nitrogen and oxygen atoms in total. The lowest BCUT2D eigenvalue weighted by Gasteiger charge is -2.19. The molecule has 0 atom stereocenters. The van der Waals surface area contributed by atoms with Crippen LogP contribution < -0.4 is 4.74 Å². The van der Waals surface area contributed by atoms with E-state index < -0.39 is 12.3 Å². The molecule has 0 saturated carbocycles. The van der Waals surface area contributed by atoms with Crippen molar-refractivity contribution in [3.05, 3.63) is 54.1 Å². The van der Waals surface area contributed by atoms with Gasteiger partial charge in [-0.05, 0) is 34.2 Å². The van der Waals surface area contributed by atoms with E-state index in [1.54, 1.807) is 12.1 Å². The first-order chi connectivity index (χ1) is 11.3. The van der Waals surface area contributed by atoms with E-state index >= 15 is 0 Å². The summed E-state index contributed by atoms with van der Waals surface area (Å²) < 4.78 is 13.3. The van der Waals surface area contributed by atoms with E-state index in [2.05, 4.69) is 54.5 Å². The van der Waals surface area contributed by atoms with Crippen LogP contribution in [-0.2, 0) is 14.9 Å². The molecule has 0 radical (unpaired) electrons. The molecule has 0 aromatic heterocycles. The van der Waals surface area contributed by atoms with Gasteiger partial charge in [-0.3, -0.25) is 0 Å². The molecule has 2 aromatic rings. The highest BCUT2D eigenvalue weighted by molar-refractivity contribution is 5.78. The zero-order valence-electron chi connectivity index (χ0n) is 14.2. The van der Waals surface area contributed by atoms with Crippen molar-refractivity contribution in [3.63, 3.8) is 0 Å². The van der Waals surface area contributed by atoms with E-state index in [0.717, 1.165) is 18.2 Å². The maximum atomic E-state index is 11.3. The zero-order valence-corrected chi connectivity index (χ0v) is 14.2. The molecule has 0 fully saturated rings. The van der Waals surface area contributed by atoms with Crippen molar-refractivity contribution < 1.29 is 23.8 Å². The predicted molar refractivity (Wildman–Crippen MR) is 90.1 cm³/mol. The monoisotopic (exact) mass is 328 g/mol. The van der Waals surface area contributed by atoms with E-state index in [1.165, 1.54) is 5.56 Å². The van der Waals surface area contributed by atoms with Crippen molar-refractivity contribution in [2.75, 3.05) is 7.11 Å². The molecule has 0 N–H and O–H groups in total. The predicted octanol–water partition coefficient (Wildman–Crippen LogP) is 4.93. The van der Waals surface area contributed by atoms with Gasteiger partial charge in [0.25, 0.3) is 0 Å². The lowest BCUT2D eigenvalue weighted by Crippen LogP contribution is -2.15. The highest BCUT2D eigenvalue weighted by atomic mass is 16.8. The fourth-order valence-electron chi connectivity index (χ4n) is 2.10. The molecular formula is C19H20O5. The number of hydrogen-bond acceptors (Lipinski definition) is 5. The van der Waals surface area contributed by atoms with Crippen LogP contribution in [0.3, 0.4) is 0 Å². The lowest BCUT2D eigenvalue weighted by molar-refractivity contribution is 0.0715. The third-order valence-electron chi connectivity index (χ3n) is 3.47. The molecule has 5 heteroatoms. The average molecular weight is 328 g/mol. The minimum atomic E-state index is -1.14. The topological polar surface area (TPSA) is 61.8 Å². The van der Waals surface area contributed by atoms with Gasteiger partial charge >= 0.3 is 12.3 Å². The van der Waals surface area contributed by atoms with Gasteiger partial charge in [0.1, 0.15) is 5.75 Å². The summed E-state index contributed by atoms with van der Waals surface area (Å²) in [5.74, 6) is 0.277. The molecule has 0 aliphatic rings. The van der Waals surface area contributed by atoms with Gasteiger partial charge in [0.2, 0.25) is 0 Å². The second-order valence-corrected chi connectivity index (χ2v) is 6.26. The summed E-state index contributed by atoms with van der Waals surface area (Å²) in [6.45, 7) is 6.50. The van der Waals surface area contributed by atoms with Crippen LogP contribution in [0.25, 0.3) is 11.1 Å². The molecule has 0 heterocycles. The van der Waals surface area contributed by atoms with Crippen LogP contribution in [0.5, 0.6) is 5.75 Å². The molecule has 2 rings (SSSR count). The minimum Gasteiger partial charge on any atom is -0.437 e. The Morgan fingerprint density at radius 2 is 1.29 bits per heavy atom. The van der Waals surface area contributed by atoms with E-state index in [1.807, 2.05) is 12.1 Å². The summed E-state index contributed by atoms with van der Waals surface area (Å²) in [5.41, 5.74) is 3.42. The fourth-order valence-corrected chi connectivity index (χ4v) is 2.10. The molecule has 2 aromatic carbocycles. The minimum absolute atomic E-state index is 0.107. The molecule has 24 heavy (non-hydrogen) atoms. The second kappa shape index (κ2) is 7.17. The number of rotatable bonds is 2. The van der Waals surface area contributed by atoms with E-state index in [9.17, 15) is 9.59 Å². The van der Waals surface area contributed by atoms with E-state index in [-0.39, 0.29) is 11.2 Å². The van der Waals surface area contributed by atoms with Gasteiger partial charge < -0.3 is 14.2 Å². The highest BCUT2D eigenvalue weighted by Gasteiger charge is 2.14. The number of ether oxygens (including phenoxy) is 3. The number of benzene rings is 2. The Labute approximate surface area is 141 Å². The van der Waals surface area contributed by atoms with Crippen LogP contribution in [0, 0.1) is 0 Å². The molecule has 0 unspecified atom stereocenters. The number of carbonyl (C=O) groups is 2. The Balaban J connectivity index is 2.06. The van der Waals surface area contributed by atoms with Crippen molar-refractivity contribution in [2.45, 2.75) is 26.2 Å². The second-order valence-electron chi connectivity index (χ2n) is 6.26. The summed E-state index contributed by atoms with van der Waals surface area (Å²) >= 11 is 0. The largest absolute Gasteiger partial charge is 0.524 e. The first-order valence-electron chi connectivity index (χ1n) is 7.48. The van der Waals surface area contributed by atoms with Gasteiger partial charge in [-0.2, -0.15) is 0 Å². The standard InChI is InChI=1S/C19H20O5/c1-19(2,3)15-9-5-13(6-10-15)14-7-11-16(12-8-14)23-18(21)24-17(20)22-4/h5-12H,1-4H3. The fraction of sp³-hybridized carbons (Fsp3) is 0.263. The maximum absolute atomic E-state index is 11.3. The molecule has 0 aliphatic heterocycles. The molecule has 0 amide bonds. The maximum Gasteiger partial charge on any atom is 0.524 e. The summed E-state index contributed by atoms with van der Waals surface area (Å²) in [5, 5.41) is 0. The summed E-state index contributed by atoms with van der Waals surface area (Å²) in [4.78, 5) is 22.1. The number of hydrogen-bond donors (Lipinski definition) is 0. The molecule has 0 aliphatic carbocycles. The van der Waals surface area contributed by atoms with Crippen LogP contribution in [0.15, 0.2) is 48.5 Å². The Kier molecular flexibility index (Phi) is 5.24. The van der Waals surface area contributed by atoms with Crippen LogP contribution in [0.1, 0.15) is 26.3 Å². The number of carbonyl (C=O) groups excluding carboxylic acids is 2. The van der Waals surface area contributed by atoms with Crippen LogP contribution >= 0.6 is 0 Å². The molecule has 126 valence electrons. The first kappa shape index (κ1) is 17.5. The summed E-state index contributed by atoms with van der Waals surface area (Å²) in [7, 11) is 1.11. The normalized spacial score (nSPS) is 10.8. The van der Waals surface area contributed by atoms with Gasteiger partial charge in [0, 0.05) is 0 Å². The Hall–Kier alpha value is -2.82. The SMILES string of the molecule is COC(=O)OC(=O)Oc1ccc(-c2ccc(C(C)(C)C)cc2)cc1. The summed E-state index contributed by atoms with van der Waals surface area (Å²) in [6.07, 6.45) is -2.25. The lowest BCUT2D eigenvalue weighted by atomic mass is 9.86. The average Bonchev–Trinajstić information content (AvgIpc) is 2.54. The summed E-state index contributed by atoms with van der Waals surface area (Å²) in [6, 6.07) is 15.2. The molecule has 0 bridgehead atoms. The zero-order chi connectivity index (χ0) is 17.7. The van der Waals surface area contributed by atoms with Crippen molar-refractivity contribution >= 4 is 12.3 Å². The molecular weight excluding hydrogens is 308 g/mol. The first-order valence-corrected chi connectivity index (χ1v) is 7.48. The highest BCUT2D eigenvalue weighted by Crippen LogP contribution is 2.27. The van der Waals surface area contributed by atoms with Gasteiger partial charge in [-0.1, -0.05) is 57.2 Å². The molecule has 0 saturated heterocycles. The van der Waals surface area contributed by atoms with Gasteiger partial charge in [-0.25, -0.2) is 9.59 Å². The van der Waals surface area contributed by atoms with Gasteiger partial charge in [0.05, 0.1) is 7.11 Å².